The highest BCUT2D eigenvalue weighted by Gasteiger charge is 2.12. The van der Waals surface area contributed by atoms with Crippen molar-refractivity contribution in [2.75, 3.05) is 11.9 Å². The minimum Gasteiger partial charge on any atom is -0.369 e. The smallest absolute Gasteiger partial charge is 0.255 e. The molecular formula is C12H17ClN6O. The van der Waals surface area contributed by atoms with Gasteiger partial charge in [-0.3, -0.25) is 4.79 Å². The molecule has 0 fully saturated rings. The van der Waals surface area contributed by atoms with E-state index < -0.39 is 0 Å². The molecule has 0 aliphatic carbocycles. The quantitative estimate of drug-likeness (QED) is 0.815. The van der Waals surface area contributed by atoms with Crippen LogP contribution in [0.25, 0.3) is 5.78 Å². The molecule has 0 spiro atoms. The van der Waals surface area contributed by atoms with Gasteiger partial charge in [-0.1, -0.05) is 11.6 Å². The summed E-state index contributed by atoms with van der Waals surface area (Å²) in [5.74, 6) is 1.13. The van der Waals surface area contributed by atoms with Gasteiger partial charge < -0.3 is 10.6 Å². The van der Waals surface area contributed by atoms with Gasteiger partial charge in [0, 0.05) is 24.6 Å². The monoisotopic (exact) mass is 296 g/mol. The van der Waals surface area contributed by atoms with Crippen LogP contribution in [0, 0.1) is 6.92 Å². The Labute approximate surface area is 121 Å². The van der Waals surface area contributed by atoms with Gasteiger partial charge in [-0.2, -0.15) is 19.6 Å². The third-order valence-corrected chi connectivity index (χ3v) is 3.07. The van der Waals surface area contributed by atoms with E-state index in [0.717, 1.165) is 5.56 Å². The van der Waals surface area contributed by atoms with Gasteiger partial charge in [-0.05, 0) is 20.8 Å². The summed E-state index contributed by atoms with van der Waals surface area (Å²) in [4.78, 5) is 19.7. The predicted molar refractivity (Wildman–Crippen MR) is 76.9 cm³/mol. The zero-order chi connectivity index (χ0) is 14.7. The van der Waals surface area contributed by atoms with Crippen molar-refractivity contribution in [2.24, 2.45) is 0 Å². The highest BCUT2D eigenvalue weighted by atomic mass is 35.5. The Bertz CT molecular complexity index is 624. The molecule has 7 nitrogen and oxygen atoms in total. The molecule has 2 aromatic heterocycles. The molecule has 8 heteroatoms. The second-order valence-corrected chi connectivity index (χ2v) is 5.11. The molecule has 0 saturated heterocycles. The van der Waals surface area contributed by atoms with Crippen molar-refractivity contribution >= 4 is 29.1 Å². The van der Waals surface area contributed by atoms with E-state index in [1.165, 1.54) is 6.33 Å². The van der Waals surface area contributed by atoms with Crippen LogP contribution in [0.1, 0.15) is 25.8 Å². The Balaban J connectivity index is 2.08. The Kier molecular flexibility index (Phi) is 4.39. The minimum atomic E-state index is 0.000130. The fourth-order valence-electron chi connectivity index (χ4n) is 1.79. The van der Waals surface area contributed by atoms with Crippen molar-refractivity contribution in [3.8, 4) is 0 Å². The molecule has 0 saturated carbocycles. The van der Waals surface area contributed by atoms with Crippen LogP contribution >= 0.6 is 11.6 Å². The number of nitrogens with one attached hydrogen (secondary N) is 2. The van der Waals surface area contributed by atoms with Crippen LogP contribution in [0.3, 0.4) is 0 Å². The maximum atomic E-state index is 11.6. The van der Waals surface area contributed by atoms with Crippen molar-refractivity contribution in [3.05, 3.63) is 17.0 Å². The number of halogens is 1. The van der Waals surface area contributed by atoms with Gasteiger partial charge in [-0.15, -0.1) is 0 Å². The van der Waals surface area contributed by atoms with Gasteiger partial charge in [0.25, 0.3) is 5.78 Å². The molecule has 2 heterocycles. The van der Waals surface area contributed by atoms with Crippen molar-refractivity contribution in [1.82, 2.24) is 24.9 Å². The van der Waals surface area contributed by atoms with Crippen LogP contribution in [-0.4, -0.2) is 38.1 Å². The second kappa shape index (κ2) is 6.04. The third kappa shape index (κ3) is 3.16. The number of hydrogen-bond acceptors (Lipinski definition) is 5. The number of fused-ring (bicyclic) bond motifs is 1. The zero-order valence-corrected chi connectivity index (χ0v) is 12.4. The van der Waals surface area contributed by atoms with Gasteiger partial charge in [0.05, 0.1) is 0 Å². The third-order valence-electron chi connectivity index (χ3n) is 2.70. The maximum Gasteiger partial charge on any atom is 0.255 e. The van der Waals surface area contributed by atoms with Crippen LogP contribution in [0.4, 0.5) is 5.82 Å². The largest absolute Gasteiger partial charge is 0.369 e. The molecule has 108 valence electrons. The highest BCUT2D eigenvalue weighted by molar-refractivity contribution is 6.30. The number of anilines is 1. The normalized spacial score (nSPS) is 11.1. The molecule has 0 unspecified atom stereocenters. The van der Waals surface area contributed by atoms with E-state index >= 15 is 0 Å². The van der Waals surface area contributed by atoms with E-state index in [1.807, 2.05) is 20.8 Å². The van der Waals surface area contributed by atoms with E-state index in [2.05, 4.69) is 25.7 Å². The SMILES string of the molecule is Cc1c(Cl)nc2ncnn2c1NCCC(=O)NC(C)C. The lowest BCUT2D eigenvalue weighted by Gasteiger charge is -2.12. The first-order valence-corrected chi connectivity index (χ1v) is 6.76. The van der Waals surface area contributed by atoms with Crippen molar-refractivity contribution < 1.29 is 4.79 Å². The van der Waals surface area contributed by atoms with Crippen LogP contribution < -0.4 is 10.6 Å². The molecular weight excluding hydrogens is 280 g/mol. The Morgan fingerprint density at radius 1 is 1.50 bits per heavy atom. The summed E-state index contributed by atoms with van der Waals surface area (Å²) in [6, 6.07) is 0.140. The first-order valence-electron chi connectivity index (χ1n) is 6.38. The summed E-state index contributed by atoms with van der Waals surface area (Å²) in [5.41, 5.74) is 0.772. The van der Waals surface area contributed by atoms with Gasteiger partial charge in [0.2, 0.25) is 5.91 Å². The summed E-state index contributed by atoms with van der Waals surface area (Å²) in [6.45, 7) is 6.18. The Morgan fingerprint density at radius 2 is 2.25 bits per heavy atom. The summed E-state index contributed by atoms with van der Waals surface area (Å²) < 4.78 is 1.57. The minimum absolute atomic E-state index is 0.000130. The number of amides is 1. The van der Waals surface area contributed by atoms with E-state index in [4.69, 9.17) is 11.6 Å². The molecule has 20 heavy (non-hydrogen) atoms. The number of carbonyl (C=O) groups is 1. The number of aromatic nitrogens is 4. The van der Waals surface area contributed by atoms with Crippen LogP contribution in [0.15, 0.2) is 6.33 Å². The van der Waals surface area contributed by atoms with Crippen molar-refractivity contribution in [2.45, 2.75) is 33.2 Å². The van der Waals surface area contributed by atoms with Gasteiger partial charge >= 0.3 is 0 Å². The summed E-state index contributed by atoms with van der Waals surface area (Å²) in [6.07, 6.45) is 1.78. The van der Waals surface area contributed by atoms with Crippen LogP contribution in [0.2, 0.25) is 5.15 Å². The fourth-order valence-corrected chi connectivity index (χ4v) is 1.96. The van der Waals surface area contributed by atoms with Crippen molar-refractivity contribution in [3.63, 3.8) is 0 Å². The highest BCUT2D eigenvalue weighted by Crippen LogP contribution is 2.21. The average Bonchev–Trinajstić information content (AvgIpc) is 2.80. The predicted octanol–water partition coefficient (Wildman–Crippen LogP) is 1.41. The average molecular weight is 297 g/mol. The van der Waals surface area contributed by atoms with Gasteiger partial charge in [-0.25, -0.2) is 0 Å². The maximum absolute atomic E-state index is 11.6. The summed E-state index contributed by atoms with van der Waals surface area (Å²) >= 11 is 6.05. The number of hydrogen-bond donors (Lipinski definition) is 2. The van der Waals surface area contributed by atoms with Crippen LogP contribution in [-0.2, 0) is 4.79 Å². The lowest BCUT2D eigenvalue weighted by atomic mass is 10.3. The molecule has 2 aromatic rings. The lowest BCUT2D eigenvalue weighted by Crippen LogP contribution is -2.31. The van der Waals surface area contributed by atoms with E-state index in [0.29, 0.717) is 29.7 Å². The Morgan fingerprint density at radius 3 is 2.95 bits per heavy atom. The molecule has 2 N–H and O–H groups in total. The van der Waals surface area contributed by atoms with Crippen molar-refractivity contribution in [1.29, 1.82) is 0 Å². The van der Waals surface area contributed by atoms with Crippen LogP contribution in [0.5, 0.6) is 0 Å². The number of carbonyl (C=O) groups excluding carboxylic acids is 1. The summed E-state index contributed by atoms with van der Waals surface area (Å²) in [5, 5.41) is 10.5. The second-order valence-electron chi connectivity index (χ2n) is 4.75. The standard InChI is InChI=1S/C12H17ClN6O/c1-7(2)17-9(20)4-5-14-11-8(3)10(13)18-12-15-6-16-19(11)12/h6-7,14H,4-5H2,1-3H3,(H,17,20). The van der Waals surface area contributed by atoms with E-state index in [9.17, 15) is 4.79 Å². The number of nitrogens with zero attached hydrogens (tertiary/aromatic N) is 4. The van der Waals surface area contributed by atoms with E-state index in [1.54, 1.807) is 4.52 Å². The molecule has 2 rings (SSSR count). The molecule has 0 radical (unpaired) electrons. The zero-order valence-electron chi connectivity index (χ0n) is 11.6. The molecule has 0 aliphatic heterocycles. The molecule has 0 atom stereocenters. The van der Waals surface area contributed by atoms with E-state index in [-0.39, 0.29) is 11.9 Å². The lowest BCUT2D eigenvalue weighted by molar-refractivity contribution is -0.121. The first-order chi connectivity index (χ1) is 9.49. The Hall–Kier alpha value is -1.89. The first kappa shape index (κ1) is 14.5. The topological polar surface area (TPSA) is 84.2 Å². The number of rotatable bonds is 5. The summed E-state index contributed by atoms with van der Waals surface area (Å²) in [7, 11) is 0. The molecule has 0 bridgehead atoms. The van der Waals surface area contributed by atoms with Gasteiger partial charge in [0.15, 0.2) is 0 Å². The fraction of sp³-hybridized carbons (Fsp3) is 0.500. The molecule has 0 aromatic carbocycles. The molecule has 0 aliphatic rings. The van der Waals surface area contributed by atoms with Gasteiger partial charge in [0.1, 0.15) is 17.3 Å². The molecule has 1 amide bonds.